The number of benzene rings is 2. The van der Waals surface area contributed by atoms with Crippen LogP contribution >= 0.6 is 0 Å². The molecule has 0 saturated carbocycles. The van der Waals surface area contributed by atoms with Crippen molar-refractivity contribution in [2.24, 2.45) is 0 Å². The maximum absolute atomic E-state index is 14.3. The molecule has 3 N–H and O–H groups in total. The summed E-state index contributed by atoms with van der Waals surface area (Å²) in [5.74, 6) is -0.326. The number of sulfonamides is 1. The highest BCUT2D eigenvalue weighted by Crippen LogP contribution is 2.30. The van der Waals surface area contributed by atoms with Crippen molar-refractivity contribution in [3.63, 3.8) is 0 Å². The lowest BCUT2D eigenvalue weighted by Gasteiger charge is -2.35. The smallest absolute Gasteiger partial charge is 0.390 e. The number of rotatable bonds is 5. The van der Waals surface area contributed by atoms with Gasteiger partial charge in [-0.2, -0.15) is 22.6 Å². The maximum Gasteiger partial charge on any atom is 0.417 e. The predicted octanol–water partition coefficient (Wildman–Crippen LogP) is 4.02. The third kappa shape index (κ3) is 5.02. The summed E-state index contributed by atoms with van der Waals surface area (Å²) in [5.41, 5.74) is 0.577. The Balaban J connectivity index is 1.26. The molecule has 2 atom stereocenters. The number of fused-ring (bicyclic) bond motifs is 1. The number of aliphatic hydroxyl groups excluding tert-OH is 1. The van der Waals surface area contributed by atoms with E-state index in [-0.39, 0.29) is 35.7 Å². The second-order valence-electron chi connectivity index (χ2n) is 8.72. The number of hydrogen-bond acceptors (Lipinski definition) is 6. The Labute approximate surface area is 209 Å². The van der Waals surface area contributed by atoms with Crippen LogP contribution in [0.5, 0.6) is 0 Å². The highest BCUT2D eigenvalue weighted by Gasteiger charge is 2.35. The van der Waals surface area contributed by atoms with Crippen molar-refractivity contribution in [2.45, 2.75) is 29.6 Å². The Morgan fingerprint density at radius 3 is 2.46 bits per heavy atom. The number of aromatic amines is 1. The third-order valence-corrected chi connectivity index (χ3v) is 8.17. The summed E-state index contributed by atoms with van der Waals surface area (Å²) >= 11 is 0. The molecule has 0 bridgehead atoms. The molecule has 8 nitrogen and oxygen atoms in total. The molecule has 0 aliphatic carbocycles. The van der Waals surface area contributed by atoms with Gasteiger partial charge in [-0.05, 0) is 53.9 Å². The zero-order valence-corrected chi connectivity index (χ0v) is 19.9. The summed E-state index contributed by atoms with van der Waals surface area (Å²) in [6.45, 7) is -0.118. The van der Waals surface area contributed by atoms with Crippen molar-refractivity contribution < 1.29 is 31.1 Å². The summed E-state index contributed by atoms with van der Waals surface area (Å²) < 4.78 is 80.0. The first-order valence-electron chi connectivity index (χ1n) is 11.2. The van der Waals surface area contributed by atoms with E-state index in [1.807, 2.05) is 0 Å². The largest absolute Gasteiger partial charge is 0.417 e. The van der Waals surface area contributed by atoms with Crippen molar-refractivity contribution in [3.8, 4) is 11.1 Å². The number of aromatic nitrogens is 3. The molecule has 1 saturated heterocycles. The number of nitrogens with zero attached hydrogens (tertiary/aromatic N) is 3. The highest BCUT2D eigenvalue weighted by atomic mass is 32.2. The fourth-order valence-electron chi connectivity index (χ4n) is 4.28. The third-order valence-electron chi connectivity index (χ3n) is 6.29. The van der Waals surface area contributed by atoms with Crippen molar-refractivity contribution >= 4 is 26.7 Å². The van der Waals surface area contributed by atoms with E-state index >= 15 is 0 Å². The number of hydrogen-bond donors (Lipinski definition) is 3. The van der Waals surface area contributed by atoms with E-state index in [0.717, 1.165) is 16.4 Å². The zero-order valence-electron chi connectivity index (χ0n) is 19.1. The van der Waals surface area contributed by atoms with E-state index in [2.05, 4.69) is 20.5 Å². The molecule has 0 amide bonds. The van der Waals surface area contributed by atoms with Crippen LogP contribution in [0.1, 0.15) is 12.0 Å². The molecule has 13 heteroatoms. The van der Waals surface area contributed by atoms with Gasteiger partial charge in [-0.3, -0.25) is 5.10 Å². The van der Waals surface area contributed by atoms with Crippen LogP contribution in [0, 0.1) is 5.82 Å². The number of anilines is 1. The minimum Gasteiger partial charge on any atom is -0.390 e. The normalized spacial score (nSPS) is 19.3. The summed E-state index contributed by atoms with van der Waals surface area (Å²) in [6, 6.07) is 10.5. The molecule has 2 aromatic heterocycles. The van der Waals surface area contributed by atoms with Gasteiger partial charge in [0.15, 0.2) is 0 Å². The molecular weight excluding hydrogens is 514 g/mol. The molecule has 0 radical (unpaired) electrons. The average Bonchev–Trinajstić information content (AvgIpc) is 3.35. The lowest BCUT2D eigenvalue weighted by atomic mass is 10.0. The number of piperidine rings is 1. The molecule has 2 aromatic carbocycles. The van der Waals surface area contributed by atoms with Crippen LogP contribution in [-0.2, 0) is 16.2 Å². The van der Waals surface area contributed by atoms with Gasteiger partial charge < -0.3 is 10.4 Å². The van der Waals surface area contributed by atoms with Crippen molar-refractivity contribution in [1.82, 2.24) is 19.5 Å². The van der Waals surface area contributed by atoms with Crippen molar-refractivity contribution in [2.75, 3.05) is 18.4 Å². The predicted molar refractivity (Wildman–Crippen MR) is 128 cm³/mol. The first-order valence-corrected chi connectivity index (χ1v) is 12.7. The summed E-state index contributed by atoms with van der Waals surface area (Å²) in [4.78, 5) is 3.76. The van der Waals surface area contributed by atoms with E-state index in [0.29, 0.717) is 22.7 Å². The maximum atomic E-state index is 14.3. The van der Waals surface area contributed by atoms with Gasteiger partial charge in [-0.15, -0.1) is 0 Å². The van der Waals surface area contributed by atoms with Gasteiger partial charge in [0, 0.05) is 24.7 Å². The molecule has 0 spiro atoms. The topological polar surface area (TPSA) is 111 Å². The highest BCUT2D eigenvalue weighted by molar-refractivity contribution is 7.89. The van der Waals surface area contributed by atoms with Gasteiger partial charge in [0.1, 0.15) is 17.2 Å². The average molecular weight is 536 g/mol. The minimum absolute atomic E-state index is 0.0177. The lowest BCUT2D eigenvalue weighted by molar-refractivity contribution is -0.137. The molecule has 1 fully saturated rings. The van der Waals surface area contributed by atoms with Crippen molar-refractivity contribution in [3.05, 3.63) is 72.3 Å². The Bertz CT molecular complexity index is 1520. The molecule has 194 valence electrons. The van der Waals surface area contributed by atoms with Crippen LogP contribution in [-0.4, -0.2) is 58.2 Å². The van der Waals surface area contributed by atoms with Crippen molar-refractivity contribution in [1.29, 1.82) is 0 Å². The van der Waals surface area contributed by atoms with Gasteiger partial charge in [0.25, 0.3) is 0 Å². The van der Waals surface area contributed by atoms with Gasteiger partial charge in [-0.1, -0.05) is 12.1 Å². The van der Waals surface area contributed by atoms with Crippen LogP contribution in [0.15, 0.2) is 65.8 Å². The molecule has 1 aliphatic heterocycles. The second kappa shape index (κ2) is 9.39. The van der Waals surface area contributed by atoms with Gasteiger partial charge in [0.05, 0.1) is 28.8 Å². The Kier molecular flexibility index (Phi) is 6.38. The zero-order chi connectivity index (χ0) is 26.4. The fourth-order valence-corrected chi connectivity index (χ4v) is 5.75. The van der Waals surface area contributed by atoms with E-state index in [4.69, 9.17) is 0 Å². The van der Waals surface area contributed by atoms with E-state index in [1.54, 1.807) is 18.2 Å². The number of H-pyrrole nitrogens is 1. The number of aliphatic hydroxyl groups is 1. The first-order chi connectivity index (χ1) is 17.5. The van der Waals surface area contributed by atoms with Crippen LogP contribution in [0.3, 0.4) is 0 Å². The minimum atomic E-state index is -4.51. The number of nitrogens with one attached hydrogen (secondary N) is 2. The van der Waals surface area contributed by atoms with Crippen LogP contribution in [0.4, 0.5) is 23.4 Å². The molecule has 0 unspecified atom stereocenters. The van der Waals surface area contributed by atoms with E-state index in [9.17, 15) is 31.1 Å². The quantitative estimate of drug-likeness (QED) is 0.333. The Hall–Kier alpha value is -3.55. The molecule has 5 rings (SSSR count). The summed E-state index contributed by atoms with van der Waals surface area (Å²) in [6.07, 6.45) is -3.22. The Morgan fingerprint density at radius 1 is 1.05 bits per heavy atom. The molecule has 1 aliphatic rings. The van der Waals surface area contributed by atoms with Crippen LogP contribution < -0.4 is 5.32 Å². The molecule has 4 aromatic rings. The molecular formula is C24H21F4N5O3S. The first kappa shape index (κ1) is 25.1. The van der Waals surface area contributed by atoms with E-state index in [1.165, 1.54) is 24.4 Å². The molecule has 37 heavy (non-hydrogen) atoms. The summed E-state index contributed by atoms with van der Waals surface area (Å²) in [5, 5.41) is 20.4. The second-order valence-corrected chi connectivity index (χ2v) is 10.7. The van der Waals surface area contributed by atoms with Crippen LogP contribution in [0.25, 0.3) is 22.0 Å². The molecule has 3 heterocycles. The standard InChI is InChI=1S/C24H21F4N5O3S/c25-19-10-15(9-16-11-30-32-23(16)19)14-1-4-18(5-2-14)37(35,36)33-8-7-20(21(34)13-33)31-22-6-3-17(12-29-22)24(26,27)28/h1-6,9-12,20-21,34H,7-8,13H2,(H,29,31)(H,30,32)/t20-,21+/m1/s1. The fraction of sp³-hybridized carbons (Fsp3) is 0.250. The monoisotopic (exact) mass is 535 g/mol. The van der Waals surface area contributed by atoms with Gasteiger partial charge in [-0.25, -0.2) is 17.8 Å². The number of halogens is 4. The Morgan fingerprint density at radius 2 is 1.81 bits per heavy atom. The number of alkyl halides is 3. The van der Waals surface area contributed by atoms with Crippen LogP contribution in [0.2, 0.25) is 0 Å². The number of β-amino-alcohol motifs (C(OH)–C–C–N with tert-alkyl or cyclic N) is 1. The SMILES string of the molecule is O=S(=O)(c1ccc(-c2cc(F)c3[nH]ncc3c2)cc1)N1CC[C@@H](Nc2ccc(C(F)(F)F)cn2)[C@@H](O)C1. The lowest BCUT2D eigenvalue weighted by Crippen LogP contribution is -2.51. The summed E-state index contributed by atoms with van der Waals surface area (Å²) in [7, 11) is -3.93. The number of pyridine rings is 1. The van der Waals surface area contributed by atoms with Gasteiger partial charge >= 0.3 is 6.18 Å². The van der Waals surface area contributed by atoms with E-state index < -0.39 is 39.7 Å². The van der Waals surface area contributed by atoms with Gasteiger partial charge in [0.2, 0.25) is 10.0 Å².